The molecular weight excluding hydrogens is 232 g/mol. The molecule has 0 spiro atoms. The molecule has 3 nitrogen and oxygen atoms in total. The molecule has 0 amide bonds. The predicted octanol–water partition coefficient (Wildman–Crippen LogP) is 2.55. The quantitative estimate of drug-likeness (QED) is 0.568. The van der Waals surface area contributed by atoms with E-state index in [9.17, 15) is 4.39 Å². The minimum Gasteiger partial charge on any atom is -0.497 e. The number of hydrogen-bond acceptors (Lipinski definition) is 3. The van der Waals surface area contributed by atoms with Crippen LogP contribution < -0.4 is 4.74 Å². The van der Waals surface area contributed by atoms with E-state index >= 15 is 0 Å². The maximum atomic E-state index is 12.8. The number of ether oxygens (including phenoxy) is 2. The summed E-state index contributed by atoms with van der Waals surface area (Å²) in [7, 11) is 7.28. The molecule has 0 saturated heterocycles. The third-order valence-electron chi connectivity index (χ3n) is 2.47. The van der Waals surface area contributed by atoms with Gasteiger partial charge in [-0.1, -0.05) is 17.9 Å². The van der Waals surface area contributed by atoms with E-state index < -0.39 is 6.17 Å². The van der Waals surface area contributed by atoms with Crippen LogP contribution in [0.25, 0.3) is 0 Å². The second-order valence-corrected chi connectivity index (χ2v) is 4.04. The van der Waals surface area contributed by atoms with Crippen LogP contribution in [-0.4, -0.2) is 33.9 Å². The van der Waals surface area contributed by atoms with Gasteiger partial charge in [-0.2, -0.15) is 0 Å². The van der Waals surface area contributed by atoms with Crippen LogP contribution >= 0.6 is 0 Å². The second-order valence-electron chi connectivity index (χ2n) is 4.04. The molecule has 0 fully saturated rings. The summed E-state index contributed by atoms with van der Waals surface area (Å²) >= 11 is 0. The Kier molecular flexibility index (Phi) is 6.43. The Morgan fingerprint density at radius 3 is 2.61 bits per heavy atom. The van der Waals surface area contributed by atoms with E-state index in [2.05, 4.69) is 0 Å². The average Bonchev–Trinajstić information content (AvgIpc) is 2.39. The van der Waals surface area contributed by atoms with Crippen LogP contribution in [0.1, 0.15) is 12.0 Å². The lowest BCUT2D eigenvalue weighted by atomic mass is 9.84. The van der Waals surface area contributed by atoms with E-state index in [0.29, 0.717) is 6.61 Å². The normalized spacial score (nSPS) is 13.9. The van der Waals surface area contributed by atoms with Gasteiger partial charge in [-0.3, -0.25) is 0 Å². The summed E-state index contributed by atoms with van der Waals surface area (Å²) in [6, 6.07) is 7.51. The van der Waals surface area contributed by atoms with Crippen molar-refractivity contribution in [2.45, 2.75) is 25.0 Å². The molecule has 18 heavy (non-hydrogen) atoms. The van der Waals surface area contributed by atoms with Crippen molar-refractivity contribution >= 4 is 14.1 Å². The highest BCUT2D eigenvalue weighted by atomic mass is 19.1. The van der Waals surface area contributed by atoms with Gasteiger partial charge in [-0.15, -0.1) is 0 Å². The molecule has 1 aromatic carbocycles. The number of nitrogens with one attached hydrogen (secondary N) is 1. The third kappa shape index (κ3) is 5.32. The Bertz CT molecular complexity index is 359. The monoisotopic (exact) mass is 249 g/mol. The number of benzene rings is 1. The van der Waals surface area contributed by atoms with Gasteiger partial charge in [0.1, 0.15) is 11.9 Å². The Labute approximate surface area is 108 Å². The van der Waals surface area contributed by atoms with E-state index in [1.165, 1.54) is 0 Å². The molecule has 0 saturated carbocycles. The molecule has 1 N–H and O–H groups in total. The van der Waals surface area contributed by atoms with Crippen molar-refractivity contribution in [1.29, 1.82) is 5.41 Å². The lowest BCUT2D eigenvalue weighted by Crippen LogP contribution is -2.11. The Balaban J connectivity index is 2.26. The summed E-state index contributed by atoms with van der Waals surface area (Å²) in [5.41, 5.74) is 1.01. The lowest BCUT2D eigenvalue weighted by molar-refractivity contribution is 0.114. The summed E-state index contributed by atoms with van der Waals surface area (Å²) in [5.74, 6) is 0.404. The molecular formula is C13H17BFNO2. The summed E-state index contributed by atoms with van der Waals surface area (Å²) < 4.78 is 23.3. The van der Waals surface area contributed by atoms with Crippen molar-refractivity contribution in [3.63, 3.8) is 0 Å². The molecule has 0 heterocycles. The van der Waals surface area contributed by atoms with Crippen molar-refractivity contribution in [2.75, 3.05) is 13.7 Å². The van der Waals surface area contributed by atoms with Crippen molar-refractivity contribution in [3.8, 4) is 5.75 Å². The van der Waals surface area contributed by atoms with Crippen molar-refractivity contribution in [3.05, 3.63) is 29.8 Å². The van der Waals surface area contributed by atoms with Crippen LogP contribution in [0.5, 0.6) is 5.75 Å². The molecule has 1 rings (SSSR count). The number of halogens is 1. The maximum Gasteiger partial charge on any atom is 0.134 e. The Hall–Kier alpha value is -1.36. The molecule has 1 aromatic rings. The van der Waals surface area contributed by atoms with Gasteiger partial charge in [-0.05, 0) is 24.1 Å². The molecule has 0 aliphatic heterocycles. The zero-order chi connectivity index (χ0) is 13.4. The maximum absolute atomic E-state index is 12.8. The van der Waals surface area contributed by atoms with Crippen molar-refractivity contribution in [2.24, 2.45) is 0 Å². The SMILES string of the molecule is [B][C@@H](COCc1ccc(OC)cc1)C[C@H](F)C=N. The third-order valence-corrected chi connectivity index (χ3v) is 2.47. The first-order chi connectivity index (χ1) is 8.65. The minimum atomic E-state index is -1.29. The Morgan fingerprint density at radius 2 is 2.06 bits per heavy atom. The highest BCUT2D eigenvalue weighted by molar-refractivity contribution is 6.11. The first kappa shape index (κ1) is 14.7. The van der Waals surface area contributed by atoms with Gasteiger partial charge >= 0.3 is 0 Å². The van der Waals surface area contributed by atoms with Gasteiger partial charge in [0.05, 0.1) is 21.6 Å². The number of hydrogen-bond donors (Lipinski definition) is 1. The van der Waals surface area contributed by atoms with E-state index in [1.54, 1.807) is 7.11 Å². The van der Waals surface area contributed by atoms with E-state index in [-0.39, 0.29) is 18.8 Å². The van der Waals surface area contributed by atoms with Crippen LogP contribution in [0.3, 0.4) is 0 Å². The zero-order valence-electron chi connectivity index (χ0n) is 10.4. The van der Waals surface area contributed by atoms with E-state index in [0.717, 1.165) is 17.5 Å². The molecule has 5 heteroatoms. The summed E-state index contributed by atoms with van der Waals surface area (Å²) in [6.07, 6.45) is -0.417. The summed E-state index contributed by atoms with van der Waals surface area (Å²) in [4.78, 5) is 0. The van der Waals surface area contributed by atoms with Crippen LogP contribution in [0.4, 0.5) is 4.39 Å². The first-order valence-electron chi connectivity index (χ1n) is 5.76. The van der Waals surface area contributed by atoms with Crippen LogP contribution in [-0.2, 0) is 11.3 Å². The second kappa shape index (κ2) is 7.87. The fourth-order valence-electron chi connectivity index (χ4n) is 1.48. The van der Waals surface area contributed by atoms with Crippen LogP contribution in [0, 0.1) is 5.41 Å². The van der Waals surface area contributed by atoms with Gasteiger partial charge in [-0.25, -0.2) is 4.39 Å². The molecule has 0 aliphatic rings. The molecule has 0 unspecified atom stereocenters. The molecule has 0 aliphatic carbocycles. The standard InChI is InChI=1S/C13H17BFNO2/c1-17-13-4-2-10(3-5-13)8-18-9-11(14)6-12(15)7-16/h2-5,7,11-12,16H,6,8-9H2,1H3/t11-,12+/m1/s1. The molecule has 96 valence electrons. The minimum absolute atomic E-state index is 0.117. The summed E-state index contributed by atoms with van der Waals surface area (Å²) in [6.45, 7) is 0.708. The largest absolute Gasteiger partial charge is 0.497 e. The number of rotatable bonds is 8. The smallest absolute Gasteiger partial charge is 0.134 e. The highest BCUT2D eigenvalue weighted by Crippen LogP contribution is 2.14. The topological polar surface area (TPSA) is 42.3 Å². The van der Waals surface area contributed by atoms with Crippen LogP contribution in [0.2, 0.25) is 5.82 Å². The Morgan fingerprint density at radius 1 is 1.39 bits per heavy atom. The average molecular weight is 249 g/mol. The number of methoxy groups -OCH3 is 1. The van der Waals surface area contributed by atoms with Gasteiger partial charge in [0.2, 0.25) is 0 Å². The van der Waals surface area contributed by atoms with Gasteiger partial charge in [0.15, 0.2) is 0 Å². The van der Waals surface area contributed by atoms with E-state index in [1.807, 2.05) is 24.3 Å². The van der Waals surface area contributed by atoms with Crippen molar-refractivity contribution < 1.29 is 13.9 Å². The van der Waals surface area contributed by atoms with E-state index in [4.69, 9.17) is 22.7 Å². The predicted molar refractivity (Wildman–Crippen MR) is 70.5 cm³/mol. The summed E-state index contributed by atoms with van der Waals surface area (Å²) in [5, 5.41) is 6.74. The van der Waals surface area contributed by atoms with Crippen molar-refractivity contribution in [1.82, 2.24) is 0 Å². The molecule has 2 radical (unpaired) electrons. The van der Waals surface area contributed by atoms with Gasteiger partial charge in [0, 0.05) is 12.8 Å². The highest BCUT2D eigenvalue weighted by Gasteiger charge is 2.09. The fraction of sp³-hybridized carbons (Fsp3) is 0.462. The molecule has 0 bridgehead atoms. The molecule has 0 aromatic heterocycles. The number of alkyl halides is 1. The first-order valence-corrected chi connectivity index (χ1v) is 5.76. The lowest BCUT2D eigenvalue weighted by Gasteiger charge is -2.13. The molecule has 2 atom stereocenters. The van der Waals surface area contributed by atoms with Crippen LogP contribution in [0.15, 0.2) is 24.3 Å². The fourth-order valence-corrected chi connectivity index (χ4v) is 1.48. The van der Waals surface area contributed by atoms with Gasteiger partial charge < -0.3 is 14.9 Å². The van der Waals surface area contributed by atoms with Gasteiger partial charge in [0.25, 0.3) is 0 Å². The zero-order valence-corrected chi connectivity index (χ0v) is 10.4.